The zero-order valence-electron chi connectivity index (χ0n) is 17.9. The van der Waals surface area contributed by atoms with Crippen LogP contribution in [0.1, 0.15) is 11.3 Å². The van der Waals surface area contributed by atoms with Gasteiger partial charge in [-0.1, -0.05) is 59.6 Å². The molecule has 0 fully saturated rings. The van der Waals surface area contributed by atoms with Crippen LogP contribution in [0.3, 0.4) is 0 Å². The van der Waals surface area contributed by atoms with Crippen molar-refractivity contribution >= 4 is 28.8 Å². The minimum atomic E-state index is -4.61. The highest BCUT2D eigenvalue weighted by atomic mass is 35.5. The van der Waals surface area contributed by atoms with Crippen LogP contribution in [-0.4, -0.2) is 14.6 Å². The van der Waals surface area contributed by atoms with E-state index in [1.165, 1.54) is 6.20 Å². The van der Waals surface area contributed by atoms with Crippen LogP contribution in [0, 0.1) is 0 Å². The van der Waals surface area contributed by atoms with Gasteiger partial charge in [0.15, 0.2) is 11.3 Å². The summed E-state index contributed by atoms with van der Waals surface area (Å²) in [6.07, 6.45) is -3.21. The molecular weight excluding hydrogens is 498 g/mol. The number of hydrogen-bond acceptors (Lipinski definition) is 3. The summed E-state index contributed by atoms with van der Waals surface area (Å²) in [6, 6.07) is 22.0. The number of hydrogen-bond donors (Lipinski definition) is 0. The highest BCUT2D eigenvalue weighted by molar-refractivity contribution is 6.42. The highest BCUT2D eigenvalue weighted by Gasteiger charge is 2.35. The molecule has 5 aromatic rings. The molecule has 0 amide bonds. The summed E-state index contributed by atoms with van der Waals surface area (Å²) in [5.74, 6) is 0.547. The molecule has 0 spiro atoms. The van der Waals surface area contributed by atoms with Crippen molar-refractivity contribution in [1.29, 1.82) is 0 Å². The van der Waals surface area contributed by atoms with Gasteiger partial charge in [0.05, 0.1) is 21.9 Å². The number of rotatable bonds is 5. The van der Waals surface area contributed by atoms with Crippen molar-refractivity contribution in [2.75, 3.05) is 0 Å². The van der Waals surface area contributed by atoms with Crippen LogP contribution in [0.5, 0.6) is 5.75 Å². The molecule has 0 atom stereocenters. The molecule has 0 N–H and O–H groups in total. The molecular formula is C26H16Cl2F3N3O. The smallest absolute Gasteiger partial charge is 0.433 e. The van der Waals surface area contributed by atoms with E-state index in [1.807, 2.05) is 18.2 Å². The summed E-state index contributed by atoms with van der Waals surface area (Å²) >= 11 is 12.0. The van der Waals surface area contributed by atoms with Crippen LogP contribution in [0.25, 0.3) is 28.0 Å². The Hall–Kier alpha value is -3.55. The maximum atomic E-state index is 13.9. The Morgan fingerprint density at radius 2 is 1.57 bits per heavy atom. The molecule has 2 aromatic heterocycles. The number of alkyl halides is 3. The standard InChI is InChI=1S/C26H16Cl2F3N3O/c27-21-11-6-16(12-22(21)28)15-35-19-9-7-18(8-10-19)23-13-24(26(29,30)31)34-25(33-23)20(14-32-34)17-4-2-1-3-5-17/h1-14H,15H2. The van der Waals surface area contributed by atoms with Gasteiger partial charge in [-0.2, -0.15) is 18.3 Å². The molecule has 2 heterocycles. The SMILES string of the molecule is FC(F)(F)c1cc(-c2ccc(OCc3ccc(Cl)c(Cl)c3)cc2)nc2c(-c3ccccc3)cnn12. The lowest BCUT2D eigenvalue weighted by Crippen LogP contribution is -2.13. The van der Waals surface area contributed by atoms with Crippen LogP contribution in [-0.2, 0) is 12.8 Å². The van der Waals surface area contributed by atoms with Crippen LogP contribution >= 0.6 is 23.2 Å². The Labute approximate surface area is 208 Å². The van der Waals surface area contributed by atoms with E-state index in [-0.39, 0.29) is 17.9 Å². The first kappa shape index (κ1) is 23.2. The van der Waals surface area contributed by atoms with Gasteiger partial charge in [-0.25, -0.2) is 9.50 Å². The van der Waals surface area contributed by atoms with Gasteiger partial charge in [0, 0.05) is 11.1 Å². The third kappa shape index (κ3) is 4.83. The van der Waals surface area contributed by atoms with Crippen molar-refractivity contribution in [3.05, 3.63) is 106 Å². The molecule has 0 aliphatic rings. The fraction of sp³-hybridized carbons (Fsp3) is 0.0769. The second-order valence-corrected chi connectivity index (χ2v) is 8.56. The van der Waals surface area contributed by atoms with Crippen molar-refractivity contribution in [3.63, 3.8) is 0 Å². The summed E-state index contributed by atoms with van der Waals surface area (Å²) in [4.78, 5) is 4.53. The minimum Gasteiger partial charge on any atom is -0.489 e. The predicted octanol–water partition coefficient (Wildman–Crippen LogP) is 7.97. The van der Waals surface area contributed by atoms with Crippen LogP contribution in [0.2, 0.25) is 10.0 Å². The van der Waals surface area contributed by atoms with Crippen molar-refractivity contribution in [3.8, 4) is 28.1 Å². The van der Waals surface area contributed by atoms with E-state index >= 15 is 0 Å². The number of ether oxygens (including phenoxy) is 1. The Balaban J connectivity index is 1.48. The Morgan fingerprint density at radius 3 is 2.26 bits per heavy atom. The molecule has 0 radical (unpaired) electrons. The predicted molar refractivity (Wildman–Crippen MR) is 130 cm³/mol. The molecule has 0 aliphatic carbocycles. The fourth-order valence-electron chi connectivity index (χ4n) is 3.65. The zero-order valence-corrected chi connectivity index (χ0v) is 19.4. The lowest BCUT2D eigenvalue weighted by atomic mass is 10.1. The molecule has 0 bridgehead atoms. The van der Waals surface area contributed by atoms with Gasteiger partial charge in [-0.15, -0.1) is 0 Å². The van der Waals surface area contributed by atoms with E-state index in [2.05, 4.69) is 10.1 Å². The summed E-state index contributed by atoms with van der Waals surface area (Å²) in [5.41, 5.74) is 1.99. The lowest BCUT2D eigenvalue weighted by molar-refractivity contribution is -0.142. The molecule has 3 aromatic carbocycles. The number of halogens is 5. The van der Waals surface area contributed by atoms with Gasteiger partial charge in [-0.05, 0) is 53.6 Å². The van der Waals surface area contributed by atoms with Gasteiger partial charge < -0.3 is 4.74 Å². The van der Waals surface area contributed by atoms with Crippen molar-refractivity contribution < 1.29 is 17.9 Å². The molecule has 176 valence electrons. The van der Waals surface area contributed by atoms with Crippen LogP contribution in [0.15, 0.2) is 85.1 Å². The number of benzene rings is 3. The van der Waals surface area contributed by atoms with Gasteiger partial charge in [-0.3, -0.25) is 0 Å². The van der Waals surface area contributed by atoms with E-state index in [0.29, 0.717) is 26.9 Å². The van der Waals surface area contributed by atoms with E-state index in [4.69, 9.17) is 27.9 Å². The Morgan fingerprint density at radius 1 is 0.829 bits per heavy atom. The first-order chi connectivity index (χ1) is 16.8. The largest absolute Gasteiger partial charge is 0.489 e. The van der Waals surface area contributed by atoms with E-state index in [9.17, 15) is 13.2 Å². The molecule has 0 unspecified atom stereocenters. The van der Waals surface area contributed by atoms with Crippen molar-refractivity contribution in [1.82, 2.24) is 14.6 Å². The topological polar surface area (TPSA) is 39.4 Å². The summed E-state index contributed by atoms with van der Waals surface area (Å²) in [7, 11) is 0. The summed E-state index contributed by atoms with van der Waals surface area (Å²) in [6.45, 7) is 0.259. The van der Waals surface area contributed by atoms with Gasteiger partial charge in [0.2, 0.25) is 0 Å². The second-order valence-electron chi connectivity index (χ2n) is 7.75. The molecule has 4 nitrogen and oxygen atoms in total. The maximum absolute atomic E-state index is 13.9. The first-order valence-corrected chi connectivity index (χ1v) is 11.2. The average molecular weight is 514 g/mol. The lowest BCUT2D eigenvalue weighted by Gasteiger charge is -2.12. The normalized spacial score (nSPS) is 11.7. The molecule has 0 saturated heterocycles. The van der Waals surface area contributed by atoms with Crippen molar-refractivity contribution in [2.45, 2.75) is 12.8 Å². The van der Waals surface area contributed by atoms with Gasteiger partial charge >= 0.3 is 6.18 Å². The number of nitrogens with zero attached hydrogens (tertiary/aromatic N) is 3. The third-order valence-corrected chi connectivity index (χ3v) is 6.13. The Kier molecular flexibility index (Phi) is 6.13. The maximum Gasteiger partial charge on any atom is 0.433 e. The van der Waals surface area contributed by atoms with Crippen LogP contribution in [0.4, 0.5) is 13.2 Å². The monoisotopic (exact) mass is 513 g/mol. The van der Waals surface area contributed by atoms with Crippen molar-refractivity contribution in [2.24, 2.45) is 0 Å². The minimum absolute atomic E-state index is 0.126. The fourth-order valence-corrected chi connectivity index (χ4v) is 3.97. The van der Waals surface area contributed by atoms with Gasteiger partial charge in [0.1, 0.15) is 12.4 Å². The van der Waals surface area contributed by atoms with Gasteiger partial charge in [0.25, 0.3) is 0 Å². The highest BCUT2D eigenvalue weighted by Crippen LogP contribution is 2.35. The number of fused-ring (bicyclic) bond motifs is 1. The summed E-state index contributed by atoms with van der Waals surface area (Å²) < 4.78 is 48.2. The number of aromatic nitrogens is 3. The average Bonchev–Trinajstić information content (AvgIpc) is 3.28. The van der Waals surface area contributed by atoms with E-state index < -0.39 is 11.9 Å². The van der Waals surface area contributed by atoms with E-state index in [0.717, 1.165) is 21.7 Å². The molecule has 9 heteroatoms. The molecule has 35 heavy (non-hydrogen) atoms. The third-order valence-electron chi connectivity index (χ3n) is 5.39. The molecule has 0 aliphatic heterocycles. The molecule has 5 rings (SSSR count). The molecule has 0 saturated carbocycles. The van der Waals surface area contributed by atoms with Crippen LogP contribution < -0.4 is 4.74 Å². The van der Waals surface area contributed by atoms with E-state index in [1.54, 1.807) is 54.6 Å². The summed E-state index contributed by atoms with van der Waals surface area (Å²) in [5, 5.41) is 4.86. The zero-order chi connectivity index (χ0) is 24.6. The second kappa shape index (κ2) is 9.24. The quantitative estimate of drug-likeness (QED) is 0.239. The first-order valence-electron chi connectivity index (χ1n) is 10.5. The Bertz CT molecular complexity index is 1500.